The molecule has 1 heterocycles. The van der Waals surface area contributed by atoms with Gasteiger partial charge in [-0.2, -0.15) is 0 Å². The monoisotopic (exact) mass is 238 g/mol. The molecule has 1 aromatic carbocycles. The summed E-state index contributed by atoms with van der Waals surface area (Å²) in [7, 11) is 0. The number of hydrogen-bond donors (Lipinski definition) is 1. The molecule has 0 radical (unpaired) electrons. The van der Waals surface area contributed by atoms with Crippen molar-refractivity contribution in [2.24, 2.45) is 0 Å². The van der Waals surface area contributed by atoms with Crippen LogP contribution in [0.1, 0.15) is 43.8 Å². The Balaban J connectivity index is 1.72. The van der Waals surface area contributed by atoms with E-state index in [9.17, 15) is 9.50 Å². The van der Waals surface area contributed by atoms with Crippen molar-refractivity contribution >= 4 is 0 Å². The number of ether oxygens (including phenoxy) is 1. The highest BCUT2D eigenvalue weighted by molar-refractivity contribution is 5.18. The van der Waals surface area contributed by atoms with Crippen molar-refractivity contribution in [1.82, 2.24) is 0 Å². The van der Waals surface area contributed by atoms with Crippen LogP contribution in [0.2, 0.25) is 0 Å². The molecular weight excluding hydrogens is 219 g/mol. The lowest BCUT2D eigenvalue weighted by Gasteiger charge is -2.13. The second-order valence-electron chi connectivity index (χ2n) is 4.63. The Bertz CT molecular complexity index is 331. The van der Waals surface area contributed by atoms with E-state index in [2.05, 4.69) is 0 Å². The maximum absolute atomic E-state index is 12.7. The standard InChI is InChI=1S/C14H19FO2/c15-12-8-6-11(7-9-12)14(16)5-1-3-13-4-2-10-17-13/h6-9,13-14,16H,1-5,10H2. The molecule has 1 saturated heterocycles. The van der Waals surface area contributed by atoms with Crippen LogP contribution in [0.25, 0.3) is 0 Å². The van der Waals surface area contributed by atoms with E-state index in [-0.39, 0.29) is 5.82 Å². The first-order valence-corrected chi connectivity index (χ1v) is 6.31. The average Bonchev–Trinajstić information content (AvgIpc) is 2.83. The van der Waals surface area contributed by atoms with Gasteiger partial charge >= 0.3 is 0 Å². The van der Waals surface area contributed by atoms with Crippen LogP contribution in [0.15, 0.2) is 24.3 Å². The Labute approximate surface area is 101 Å². The van der Waals surface area contributed by atoms with E-state index in [1.807, 2.05) is 0 Å². The SMILES string of the molecule is OC(CCCC1CCCO1)c1ccc(F)cc1. The van der Waals surface area contributed by atoms with Gasteiger partial charge in [-0.05, 0) is 49.8 Å². The Morgan fingerprint density at radius 1 is 1.35 bits per heavy atom. The summed E-state index contributed by atoms with van der Waals surface area (Å²) in [6.45, 7) is 0.880. The molecule has 1 aliphatic heterocycles. The van der Waals surface area contributed by atoms with E-state index in [4.69, 9.17) is 4.74 Å². The van der Waals surface area contributed by atoms with Gasteiger partial charge in [-0.1, -0.05) is 12.1 Å². The Hall–Kier alpha value is -0.930. The number of halogens is 1. The van der Waals surface area contributed by atoms with Crippen LogP contribution >= 0.6 is 0 Å². The van der Waals surface area contributed by atoms with Crippen molar-refractivity contribution in [3.8, 4) is 0 Å². The lowest BCUT2D eigenvalue weighted by Crippen LogP contribution is -2.06. The second-order valence-corrected chi connectivity index (χ2v) is 4.63. The first-order valence-electron chi connectivity index (χ1n) is 6.31. The molecule has 0 amide bonds. The van der Waals surface area contributed by atoms with Crippen molar-refractivity contribution in [1.29, 1.82) is 0 Å². The van der Waals surface area contributed by atoms with E-state index >= 15 is 0 Å². The average molecular weight is 238 g/mol. The zero-order chi connectivity index (χ0) is 12.1. The molecule has 2 unspecified atom stereocenters. The van der Waals surface area contributed by atoms with Crippen LogP contribution in [-0.4, -0.2) is 17.8 Å². The summed E-state index contributed by atoms with van der Waals surface area (Å²) in [5.74, 6) is -0.264. The molecule has 2 nitrogen and oxygen atoms in total. The highest BCUT2D eigenvalue weighted by Crippen LogP contribution is 2.23. The molecule has 0 saturated carbocycles. The highest BCUT2D eigenvalue weighted by atomic mass is 19.1. The van der Waals surface area contributed by atoms with Crippen molar-refractivity contribution in [3.63, 3.8) is 0 Å². The minimum Gasteiger partial charge on any atom is -0.388 e. The van der Waals surface area contributed by atoms with Gasteiger partial charge in [0.05, 0.1) is 12.2 Å². The Morgan fingerprint density at radius 2 is 2.12 bits per heavy atom. The molecule has 2 atom stereocenters. The molecule has 2 rings (SSSR count). The molecule has 1 aliphatic rings. The van der Waals surface area contributed by atoms with Gasteiger partial charge in [-0.25, -0.2) is 4.39 Å². The summed E-state index contributed by atoms with van der Waals surface area (Å²) >= 11 is 0. The molecule has 3 heteroatoms. The van der Waals surface area contributed by atoms with E-state index in [1.165, 1.54) is 12.1 Å². The summed E-state index contributed by atoms with van der Waals surface area (Å²) in [4.78, 5) is 0. The van der Waals surface area contributed by atoms with Gasteiger partial charge in [0, 0.05) is 6.61 Å². The first-order chi connectivity index (χ1) is 8.25. The van der Waals surface area contributed by atoms with Gasteiger partial charge in [0.25, 0.3) is 0 Å². The van der Waals surface area contributed by atoms with E-state index in [0.29, 0.717) is 12.5 Å². The number of aliphatic hydroxyl groups is 1. The molecule has 94 valence electrons. The Kier molecular flexibility index (Phi) is 4.51. The fraction of sp³-hybridized carbons (Fsp3) is 0.571. The van der Waals surface area contributed by atoms with Gasteiger partial charge in [-0.3, -0.25) is 0 Å². The molecule has 0 bridgehead atoms. The summed E-state index contributed by atoms with van der Waals surface area (Å²) < 4.78 is 18.2. The predicted octanol–water partition coefficient (Wildman–Crippen LogP) is 3.21. The number of rotatable bonds is 5. The molecule has 1 aromatic rings. The zero-order valence-electron chi connectivity index (χ0n) is 9.94. The molecule has 1 fully saturated rings. The largest absolute Gasteiger partial charge is 0.388 e. The van der Waals surface area contributed by atoms with Crippen LogP contribution < -0.4 is 0 Å². The topological polar surface area (TPSA) is 29.5 Å². The fourth-order valence-corrected chi connectivity index (χ4v) is 2.26. The van der Waals surface area contributed by atoms with Crippen molar-refractivity contribution < 1.29 is 14.2 Å². The summed E-state index contributed by atoms with van der Waals surface area (Å²) in [6.07, 6.45) is 4.87. The molecule has 17 heavy (non-hydrogen) atoms. The fourth-order valence-electron chi connectivity index (χ4n) is 2.26. The van der Waals surface area contributed by atoms with E-state index < -0.39 is 6.10 Å². The maximum atomic E-state index is 12.7. The van der Waals surface area contributed by atoms with Crippen LogP contribution in [0.5, 0.6) is 0 Å². The van der Waals surface area contributed by atoms with E-state index in [0.717, 1.165) is 37.9 Å². The molecule has 0 aromatic heterocycles. The molecule has 0 spiro atoms. The predicted molar refractivity (Wildman–Crippen MR) is 64.2 cm³/mol. The van der Waals surface area contributed by atoms with Crippen LogP contribution in [-0.2, 0) is 4.74 Å². The quantitative estimate of drug-likeness (QED) is 0.853. The number of aliphatic hydroxyl groups excluding tert-OH is 1. The van der Waals surface area contributed by atoms with Crippen LogP contribution in [0.4, 0.5) is 4.39 Å². The lowest BCUT2D eigenvalue weighted by molar-refractivity contribution is 0.0944. The summed E-state index contributed by atoms with van der Waals surface area (Å²) in [5, 5.41) is 9.92. The lowest BCUT2D eigenvalue weighted by atomic mass is 10.0. The van der Waals surface area contributed by atoms with Gasteiger partial charge < -0.3 is 9.84 Å². The van der Waals surface area contributed by atoms with Crippen molar-refractivity contribution in [2.75, 3.05) is 6.61 Å². The second kappa shape index (κ2) is 6.12. The minimum absolute atomic E-state index is 0.264. The normalized spacial score (nSPS) is 21.6. The van der Waals surface area contributed by atoms with Crippen molar-refractivity contribution in [3.05, 3.63) is 35.6 Å². The first kappa shape index (κ1) is 12.5. The van der Waals surface area contributed by atoms with E-state index in [1.54, 1.807) is 12.1 Å². The molecule has 0 aliphatic carbocycles. The maximum Gasteiger partial charge on any atom is 0.123 e. The molecule has 1 N–H and O–H groups in total. The minimum atomic E-state index is -0.489. The smallest absolute Gasteiger partial charge is 0.123 e. The molecular formula is C14H19FO2. The third kappa shape index (κ3) is 3.79. The zero-order valence-corrected chi connectivity index (χ0v) is 9.94. The van der Waals surface area contributed by atoms with Gasteiger partial charge in [0.1, 0.15) is 5.82 Å². The third-order valence-corrected chi connectivity index (χ3v) is 3.28. The summed E-state index contributed by atoms with van der Waals surface area (Å²) in [6, 6.07) is 6.06. The van der Waals surface area contributed by atoms with Gasteiger partial charge in [-0.15, -0.1) is 0 Å². The number of hydrogen-bond acceptors (Lipinski definition) is 2. The van der Waals surface area contributed by atoms with Crippen molar-refractivity contribution in [2.45, 2.75) is 44.3 Å². The van der Waals surface area contributed by atoms with Crippen LogP contribution in [0, 0.1) is 5.82 Å². The number of benzene rings is 1. The van der Waals surface area contributed by atoms with Gasteiger partial charge in [0.15, 0.2) is 0 Å². The Morgan fingerprint density at radius 3 is 2.76 bits per heavy atom. The highest BCUT2D eigenvalue weighted by Gasteiger charge is 2.16. The van der Waals surface area contributed by atoms with Crippen LogP contribution in [0.3, 0.4) is 0 Å². The third-order valence-electron chi connectivity index (χ3n) is 3.28. The van der Waals surface area contributed by atoms with Gasteiger partial charge in [0.2, 0.25) is 0 Å². The summed E-state index contributed by atoms with van der Waals surface area (Å²) in [5.41, 5.74) is 0.791.